The highest BCUT2D eigenvalue weighted by atomic mass is 35.5. The minimum Gasteiger partial charge on any atom is -0.379 e. The molecule has 12 heteroatoms. The van der Waals surface area contributed by atoms with Crippen LogP contribution in [0.2, 0.25) is 5.02 Å². The molecule has 1 amide bonds. The van der Waals surface area contributed by atoms with Gasteiger partial charge in [0.15, 0.2) is 0 Å². The van der Waals surface area contributed by atoms with Crippen LogP contribution in [0.3, 0.4) is 0 Å². The molecular formula is C19H22ClN3O6S2. The van der Waals surface area contributed by atoms with Crippen LogP contribution in [0.1, 0.15) is 10.4 Å². The molecule has 31 heavy (non-hydrogen) atoms. The fourth-order valence-electron chi connectivity index (χ4n) is 2.92. The van der Waals surface area contributed by atoms with E-state index in [1.54, 1.807) is 0 Å². The number of nitrogens with zero attached hydrogens (tertiary/aromatic N) is 2. The molecule has 1 fully saturated rings. The summed E-state index contributed by atoms with van der Waals surface area (Å²) in [6.45, 7) is 1.04. The number of morpholine rings is 1. The third kappa shape index (κ3) is 5.08. The van der Waals surface area contributed by atoms with E-state index < -0.39 is 26.0 Å². The van der Waals surface area contributed by atoms with E-state index in [2.05, 4.69) is 5.32 Å². The summed E-state index contributed by atoms with van der Waals surface area (Å²) in [6, 6.07) is 9.64. The number of hydrogen-bond donors (Lipinski definition) is 1. The summed E-state index contributed by atoms with van der Waals surface area (Å²) < 4.78 is 57.9. The van der Waals surface area contributed by atoms with Crippen molar-refractivity contribution in [3.05, 3.63) is 53.1 Å². The predicted octanol–water partition coefficient (Wildman–Crippen LogP) is 1.86. The first-order chi connectivity index (χ1) is 14.5. The highest BCUT2D eigenvalue weighted by molar-refractivity contribution is 7.89. The molecule has 0 aliphatic carbocycles. The Balaban J connectivity index is 1.89. The third-order valence-electron chi connectivity index (χ3n) is 4.66. The zero-order valence-electron chi connectivity index (χ0n) is 16.9. The number of nitrogens with one attached hydrogen (secondary N) is 1. The van der Waals surface area contributed by atoms with Crippen LogP contribution in [-0.2, 0) is 24.8 Å². The molecule has 168 valence electrons. The van der Waals surface area contributed by atoms with E-state index in [-0.39, 0.29) is 39.2 Å². The molecule has 1 saturated heterocycles. The molecule has 0 bridgehead atoms. The van der Waals surface area contributed by atoms with E-state index in [0.717, 1.165) is 4.31 Å². The second-order valence-corrected chi connectivity index (χ2v) is 11.4. The summed E-state index contributed by atoms with van der Waals surface area (Å²) in [5.74, 6) is -0.663. The lowest BCUT2D eigenvalue weighted by atomic mass is 10.2. The molecule has 0 spiro atoms. The van der Waals surface area contributed by atoms with E-state index in [1.807, 2.05) is 0 Å². The quantitative estimate of drug-likeness (QED) is 0.665. The molecule has 1 aliphatic heterocycles. The molecule has 1 aliphatic rings. The van der Waals surface area contributed by atoms with Crippen LogP contribution in [0, 0.1) is 0 Å². The van der Waals surface area contributed by atoms with Gasteiger partial charge in [0.1, 0.15) is 0 Å². The molecule has 0 unspecified atom stereocenters. The summed E-state index contributed by atoms with van der Waals surface area (Å²) in [7, 11) is -4.69. The van der Waals surface area contributed by atoms with Crippen LogP contribution in [-0.4, -0.2) is 71.8 Å². The highest BCUT2D eigenvalue weighted by Gasteiger charge is 2.28. The van der Waals surface area contributed by atoms with Crippen LogP contribution < -0.4 is 5.32 Å². The number of carbonyl (C=O) groups excluding carboxylic acids is 1. The van der Waals surface area contributed by atoms with Crippen LogP contribution in [0.15, 0.2) is 52.3 Å². The van der Waals surface area contributed by atoms with Crippen molar-refractivity contribution in [1.82, 2.24) is 8.61 Å². The summed E-state index contributed by atoms with van der Waals surface area (Å²) in [4.78, 5) is 12.7. The number of anilines is 1. The van der Waals surface area contributed by atoms with Crippen molar-refractivity contribution in [2.75, 3.05) is 45.7 Å². The minimum atomic E-state index is -3.81. The molecule has 1 N–H and O–H groups in total. The monoisotopic (exact) mass is 487 g/mol. The van der Waals surface area contributed by atoms with Crippen molar-refractivity contribution in [2.45, 2.75) is 9.79 Å². The second-order valence-electron chi connectivity index (χ2n) is 6.93. The summed E-state index contributed by atoms with van der Waals surface area (Å²) in [6.07, 6.45) is 0. The topological polar surface area (TPSA) is 113 Å². The number of carbonyl (C=O) groups is 1. The molecule has 2 aromatic carbocycles. The Labute approximate surface area is 186 Å². The number of halogens is 1. The highest BCUT2D eigenvalue weighted by Crippen LogP contribution is 2.25. The molecule has 3 rings (SSSR count). The molecule has 2 aromatic rings. The van der Waals surface area contributed by atoms with Gasteiger partial charge in [-0.3, -0.25) is 4.79 Å². The number of sulfonamides is 2. The van der Waals surface area contributed by atoms with Crippen molar-refractivity contribution in [3.8, 4) is 0 Å². The Morgan fingerprint density at radius 3 is 2.35 bits per heavy atom. The lowest BCUT2D eigenvalue weighted by Gasteiger charge is -2.26. The Bertz CT molecular complexity index is 1190. The van der Waals surface area contributed by atoms with Crippen LogP contribution in [0.25, 0.3) is 0 Å². The van der Waals surface area contributed by atoms with Gasteiger partial charge in [-0.1, -0.05) is 17.7 Å². The van der Waals surface area contributed by atoms with Gasteiger partial charge in [0.05, 0.1) is 33.6 Å². The molecule has 0 atom stereocenters. The van der Waals surface area contributed by atoms with Crippen molar-refractivity contribution >= 4 is 43.2 Å². The van der Waals surface area contributed by atoms with E-state index in [9.17, 15) is 21.6 Å². The number of benzene rings is 2. The third-order valence-corrected chi connectivity index (χ3v) is 8.70. The second kappa shape index (κ2) is 9.23. The Kier molecular flexibility index (Phi) is 7.04. The lowest BCUT2D eigenvalue weighted by Crippen LogP contribution is -2.40. The lowest BCUT2D eigenvalue weighted by molar-refractivity contribution is 0.0730. The van der Waals surface area contributed by atoms with Gasteiger partial charge in [-0.2, -0.15) is 4.31 Å². The average Bonchev–Trinajstić information content (AvgIpc) is 2.74. The number of amides is 1. The van der Waals surface area contributed by atoms with E-state index in [4.69, 9.17) is 16.3 Å². The molecule has 0 radical (unpaired) electrons. The van der Waals surface area contributed by atoms with E-state index in [1.165, 1.54) is 60.9 Å². The maximum atomic E-state index is 12.9. The zero-order chi connectivity index (χ0) is 22.8. The molecule has 0 saturated carbocycles. The summed E-state index contributed by atoms with van der Waals surface area (Å²) in [5.41, 5.74) is 0.183. The van der Waals surface area contributed by atoms with Gasteiger partial charge in [-0.25, -0.2) is 21.1 Å². The normalized spacial score (nSPS) is 15.7. The Hall–Kier alpha value is -2.02. The zero-order valence-corrected chi connectivity index (χ0v) is 19.3. The van der Waals surface area contributed by atoms with E-state index in [0.29, 0.717) is 13.2 Å². The van der Waals surface area contributed by atoms with Crippen molar-refractivity contribution in [1.29, 1.82) is 0 Å². The Morgan fingerprint density at radius 2 is 1.71 bits per heavy atom. The summed E-state index contributed by atoms with van der Waals surface area (Å²) >= 11 is 6.15. The average molecular weight is 488 g/mol. The Morgan fingerprint density at radius 1 is 1.03 bits per heavy atom. The van der Waals surface area contributed by atoms with Gasteiger partial charge in [0, 0.05) is 32.9 Å². The smallest absolute Gasteiger partial charge is 0.257 e. The fourth-order valence-corrected chi connectivity index (χ4v) is 5.50. The summed E-state index contributed by atoms with van der Waals surface area (Å²) in [5, 5.41) is 2.64. The van der Waals surface area contributed by atoms with Crippen molar-refractivity contribution in [3.63, 3.8) is 0 Å². The van der Waals surface area contributed by atoms with Crippen LogP contribution >= 0.6 is 11.6 Å². The molecule has 1 heterocycles. The van der Waals surface area contributed by atoms with E-state index >= 15 is 0 Å². The van der Waals surface area contributed by atoms with Gasteiger partial charge >= 0.3 is 0 Å². The maximum absolute atomic E-state index is 12.9. The number of rotatable bonds is 6. The van der Waals surface area contributed by atoms with Gasteiger partial charge < -0.3 is 10.1 Å². The molecule has 0 aromatic heterocycles. The first kappa shape index (κ1) is 23.6. The van der Waals surface area contributed by atoms with Gasteiger partial charge in [-0.05, 0) is 36.4 Å². The van der Waals surface area contributed by atoms with Crippen molar-refractivity contribution < 1.29 is 26.4 Å². The first-order valence-electron chi connectivity index (χ1n) is 9.25. The number of ether oxygens (including phenoxy) is 1. The van der Waals surface area contributed by atoms with Crippen LogP contribution in [0.4, 0.5) is 5.69 Å². The van der Waals surface area contributed by atoms with Crippen LogP contribution in [0.5, 0.6) is 0 Å². The predicted molar refractivity (Wildman–Crippen MR) is 116 cm³/mol. The van der Waals surface area contributed by atoms with Gasteiger partial charge in [-0.15, -0.1) is 0 Å². The SMILES string of the molecule is CN(C)S(=O)(=O)c1cccc(NC(=O)c2cc(S(=O)(=O)N3CCOCC3)ccc2Cl)c1. The first-order valence-corrected chi connectivity index (χ1v) is 12.5. The molecular weight excluding hydrogens is 466 g/mol. The van der Waals surface area contributed by atoms with Gasteiger partial charge in [0.2, 0.25) is 20.0 Å². The molecule has 9 nitrogen and oxygen atoms in total. The standard InChI is InChI=1S/C19H22ClN3O6S2/c1-22(2)30(25,26)15-5-3-4-14(12-15)21-19(24)17-13-16(6-7-18(17)20)31(27,28)23-8-10-29-11-9-23/h3-7,12-13H,8-11H2,1-2H3,(H,21,24). The maximum Gasteiger partial charge on any atom is 0.257 e. The fraction of sp³-hybridized carbons (Fsp3) is 0.316. The van der Waals surface area contributed by atoms with Gasteiger partial charge in [0.25, 0.3) is 5.91 Å². The van der Waals surface area contributed by atoms with Crippen molar-refractivity contribution in [2.24, 2.45) is 0 Å². The minimum absolute atomic E-state index is 0.00467. The largest absolute Gasteiger partial charge is 0.379 e. The number of hydrogen-bond acceptors (Lipinski definition) is 6.